The van der Waals surface area contributed by atoms with E-state index in [4.69, 9.17) is 0 Å². The molecule has 136 valence electrons. The zero-order chi connectivity index (χ0) is 18.6. The molecule has 0 heterocycles. The summed E-state index contributed by atoms with van der Waals surface area (Å²) in [6, 6.07) is 19.0. The van der Waals surface area contributed by atoms with Crippen LogP contribution in [0.5, 0.6) is 0 Å². The van der Waals surface area contributed by atoms with Gasteiger partial charge in [0.2, 0.25) is 11.8 Å². The van der Waals surface area contributed by atoms with E-state index >= 15 is 0 Å². The number of nitrogens with one attached hydrogen (secondary N) is 2. The van der Waals surface area contributed by atoms with Crippen LogP contribution in [-0.2, 0) is 9.59 Å². The molecule has 4 nitrogen and oxygen atoms in total. The van der Waals surface area contributed by atoms with Gasteiger partial charge in [-0.15, -0.1) is 0 Å². The lowest BCUT2D eigenvalue weighted by Crippen LogP contribution is -2.49. The van der Waals surface area contributed by atoms with Crippen LogP contribution in [0, 0.1) is 17.3 Å². The van der Waals surface area contributed by atoms with Gasteiger partial charge in [0.25, 0.3) is 0 Å². The van der Waals surface area contributed by atoms with Crippen molar-refractivity contribution in [2.45, 2.75) is 33.1 Å². The second-order valence-corrected chi connectivity index (χ2v) is 7.71. The molecule has 2 unspecified atom stereocenters. The number of carbonyl (C=O) groups is 2. The summed E-state index contributed by atoms with van der Waals surface area (Å²) in [5.41, 5.74) is 1.72. The van der Waals surface area contributed by atoms with Gasteiger partial charge < -0.3 is 10.6 Å². The molecule has 2 amide bonds. The van der Waals surface area contributed by atoms with Crippen LogP contribution in [0.1, 0.15) is 33.1 Å². The molecule has 1 aliphatic carbocycles. The summed E-state index contributed by atoms with van der Waals surface area (Å²) in [5.74, 6) is 0.243. The molecule has 0 aliphatic heterocycles. The Balaban J connectivity index is 1.54. The maximum absolute atomic E-state index is 12.6. The lowest BCUT2D eigenvalue weighted by Gasteiger charge is -2.50. The number of anilines is 2. The number of para-hydroxylation sites is 2. The van der Waals surface area contributed by atoms with Crippen molar-refractivity contribution in [1.82, 2.24) is 0 Å². The van der Waals surface area contributed by atoms with Crippen molar-refractivity contribution in [1.29, 1.82) is 0 Å². The number of rotatable bonds is 6. The van der Waals surface area contributed by atoms with Gasteiger partial charge in [0, 0.05) is 23.7 Å². The first-order valence-corrected chi connectivity index (χ1v) is 9.16. The molecule has 2 N–H and O–H groups in total. The number of hydrogen-bond acceptors (Lipinski definition) is 2. The minimum Gasteiger partial charge on any atom is -0.326 e. The minimum absolute atomic E-state index is 0.00103. The summed E-state index contributed by atoms with van der Waals surface area (Å²) < 4.78 is 0. The van der Waals surface area contributed by atoms with E-state index in [1.54, 1.807) is 0 Å². The Morgan fingerprint density at radius 3 is 2.00 bits per heavy atom. The van der Waals surface area contributed by atoms with Crippen molar-refractivity contribution in [2.24, 2.45) is 17.3 Å². The third-order valence-electron chi connectivity index (χ3n) is 5.35. The van der Waals surface area contributed by atoms with Crippen molar-refractivity contribution in [3.63, 3.8) is 0 Å². The molecular weight excluding hydrogens is 324 g/mol. The fraction of sp³-hybridized carbons (Fsp3) is 0.364. The Morgan fingerprint density at radius 2 is 1.46 bits per heavy atom. The van der Waals surface area contributed by atoms with E-state index in [-0.39, 0.29) is 29.1 Å². The molecule has 0 aromatic heterocycles. The van der Waals surface area contributed by atoms with E-state index in [0.29, 0.717) is 6.42 Å². The molecule has 3 rings (SSSR count). The lowest BCUT2D eigenvalue weighted by atomic mass is 9.54. The van der Waals surface area contributed by atoms with Crippen LogP contribution in [0.2, 0.25) is 0 Å². The van der Waals surface area contributed by atoms with Gasteiger partial charge in [-0.1, -0.05) is 50.2 Å². The van der Waals surface area contributed by atoms with E-state index in [1.165, 1.54) is 0 Å². The third kappa shape index (κ3) is 4.31. The normalized spacial score (nSPS) is 20.7. The van der Waals surface area contributed by atoms with E-state index < -0.39 is 0 Å². The predicted octanol–water partition coefficient (Wildman–Crippen LogP) is 4.71. The quantitative estimate of drug-likeness (QED) is 0.793. The van der Waals surface area contributed by atoms with Crippen molar-refractivity contribution in [3.05, 3.63) is 60.7 Å². The molecule has 1 aliphatic rings. The van der Waals surface area contributed by atoms with Gasteiger partial charge in [0.15, 0.2) is 0 Å². The Morgan fingerprint density at radius 1 is 0.923 bits per heavy atom. The number of carbonyl (C=O) groups excluding carboxylic acids is 2. The molecule has 1 saturated carbocycles. The molecule has 0 bridgehead atoms. The highest BCUT2D eigenvalue weighted by atomic mass is 16.2. The zero-order valence-corrected chi connectivity index (χ0v) is 15.4. The number of amides is 2. The van der Waals surface area contributed by atoms with Gasteiger partial charge in [0.05, 0.1) is 0 Å². The molecule has 26 heavy (non-hydrogen) atoms. The van der Waals surface area contributed by atoms with Crippen molar-refractivity contribution in [2.75, 3.05) is 10.6 Å². The van der Waals surface area contributed by atoms with Crippen LogP contribution in [0.3, 0.4) is 0 Å². The second kappa shape index (κ2) is 7.73. The monoisotopic (exact) mass is 350 g/mol. The van der Waals surface area contributed by atoms with E-state index in [2.05, 4.69) is 24.5 Å². The molecular formula is C22H26N2O2. The molecule has 1 fully saturated rings. The van der Waals surface area contributed by atoms with Crippen LogP contribution >= 0.6 is 0 Å². The standard InChI is InChI=1S/C22H26N2O2/c1-22(2)15-18(21(26)24-17-11-7-4-8-12-17)19(22)13-14-20(25)23-16-9-5-3-6-10-16/h3-12,18-19H,13-15H2,1-2H3,(H,23,25)(H,24,26). The van der Waals surface area contributed by atoms with Crippen molar-refractivity contribution in [3.8, 4) is 0 Å². The molecule has 0 spiro atoms. The molecule has 2 aromatic rings. The lowest BCUT2D eigenvalue weighted by molar-refractivity contribution is -0.135. The Bertz CT molecular complexity index is 756. The first-order valence-electron chi connectivity index (χ1n) is 9.16. The topological polar surface area (TPSA) is 58.2 Å². The van der Waals surface area contributed by atoms with Gasteiger partial charge >= 0.3 is 0 Å². The number of hydrogen-bond donors (Lipinski definition) is 2. The maximum Gasteiger partial charge on any atom is 0.227 e. The summed E-state index contributed by atoms with van der Waals surface area (Å²) in [5, 5.41) is 5.92. The molecule has 4 heteroatoms. The average molecular weight is 350 g/mol. The summed E-state index contributed by atoms with van der Waals surface area (Å²) in [7, 11) is 0. The van der Waals surface area contributed by atoms with Gasteiger partial charge in [-0.05, 0) is 48.4 Å². The van der Waals surface area contributed by atoms with Crippen molar-refractivity contribution < 1.29 is 9.59 Å². The highest BCUT2D eigenvalue weighted by Crippen LogP contribution is 2.53. The first-order chi connectivity index (χ1) is 12.5. The van der Waals surface area contributed by atoms with Gasteiger partial charge in [-0.2, -0.15) is 0 Å². The van der Waals surface area contributed by atoms with Gasteiger partial charge in [-0.3, -0.25) is 9.59 Å². The van der Waals surface area contributed by atoms with Crippen molar-refractivity contribution >= 4 is 23.2 Å². The first kappa shape index (κ1) is 18.2. The second-order valence-electron chi connectivity index (χ2n) is 7.71. The molecule has 0 radical (unpaired) electrons. The fourth-order valence-corrected chi connectivity index (χ4v) is 3.90. The predicted molar refractivity (Wildman–Crippen MR) is 105 cm³/mol. The largest absolute Gasteiger partial charge is 0.326 e. The summed E-state index contributed by atoms with van der Waals surface area (Å²) in [6.07, 6.45) is 2.01. The van der Waals surface area contributed by atoms with Crippen LogP contribution in [0.4, 0.5) is 11.4 Å². The smallest absolute Gasteiger partial charge is 0.227 e. The van der Waals surface area contributed by atoms with Crippen LogP contribution in [0.15, 0.2) is 60.7 Å². The Hall–Kier alpha value is -2.62. The van der Waals surface area contributed by atoms with Crippen LogP contribution in [0.25, 0.3) is 0 Å². The summed E-state index contributed by atoms with van der Waals surface area (Å²) in [4.78, 5) is 24.8. The molecule has 0 saturated heterocycles. The molecule has 2 aromatic carbocycles. The Kier molecular flexibility index (Phi) is 5.40. The fourth-order valence-electron chi connectivity index (χ4n) is 3.90. The maximum atomic E-state index is 12.6. The average Bonchev–Trinajstić information content (AvgIpc) is 2.61. The highest BCUT2D eigenvalue weighted by molar-refractivity contribution is 5.94. The van der Waals surface area contributed by atoms with E-state index in [9.17, 15) is 9.59 Å². The van der Waals surface area contributed by atoms with E-state index in [0.717, 1.165) is 24.2 Å². The van der Waals surface area contributed by atoms with Gasteiger partial charge in [0.1, 0.15) is 0 Å². The van der Waals surface area contributed by atoms with Crippen LogP contribution in [-0.4, -0.2) is 11.8 Å². The summed E-state index contributed by atoms with van der Waals surface area (Å²) in [6.45, 7) is 4.36. The number of benzene rings is 2. The van der Waals surface area contributed by atoms with Gasteiger partial charge in [-0.25, -0.2) is 0 Å². The molecule has 2 atom stereocenters. The minimum atomic E-state index is -0.0327. The zero-order valence-electron chi connectivity index (χ0n) is 15.4. The summed E-state index contributed by atoms with van der Waals surface area (Å²) >= 11 is 0. The SMILES string of the molecule is CC1(C)CC(C(=O)Nc2ccccc2)C1CCC(=O)Nc1ccccc1. The third-order valence-corrected chi connectivity index (χ3v) is 5.35. The van der Waals surface area contributed by atoms with E-state index in [1.807, 2.05) is 60.7 Å². The van der Waals surface area contributed by atoms with Crippen LogP contribution < -0.4 is 10.6 Å². The Labute approximate surface area is 155 Å². The highest BCUT2D eigenvalue weighted by Gasteiger charge is 2.50.